The van der Waals surface area contributed by atoms with Crippen LogP contribution < -0.4 is 11.1 Å². The van der Waals surface area contributed by atoms with Crippen molar-refractivity contribution in [1.82, 2.24) is 14.8 Å². The summed E-state index contributed by atoms with van der Waals surface area (Å²) in [6, 6.07) is 10.3. The van der Waals surface area contributed by atoms with Crippen LogP contribution in [0.4, 0.5) is 5.69 Å². The Morgan fingerprint density at radius 2 is 1.92 bits per heavy atom. The van der Waals surface area contributed by atoms with Crippen molar-refractivity contribution in [1.29, 1.82) is 0 Å². The Morgan fingerprint density at radius 1 is 1.24 bits per heavy atom. The lowest BCUT2D eigenvalue weighted by atomic mass is 10.1. The van der Waals surface area contributed by atoms with Gasteiger partial charge in [-0.2, -0.15) is 5.10 Å². The van der Waals surface area contributed by atoms with Crippen LogP contribution >= 0.6 is 11.6 Å². The number of amides is 1. The highest BCUT2D eigenvalue weighted by atomic mass is 35.5. The van der Waals surface area contributed by atoms with E-state index in [4.69, 9.17) is 17.3 Å². The molecule has 0 aliphatic carbocycles. The Kier molecular flexibility index (Phi) is 5.11. The molecule has 0 spiro atoms. The summed E-state index contributed by atoms with van der Waals surface area (Å²) in [6.07, 6.45) is 5.43. The Hall–Kier alpha value is -2.70. The van der Waals surface area contributed by atoms with E-state index in [1.165, 1.54) is 0 Å². The summed E-state index contributed by atoms with van der Waals surface area (Å²) in [5, 5.41) is 7.81. The van der Waals surface area contributed by atoms with Crippen LogP contribution in [0.1, 0.15) is 11.3 Å². The average Bonchev–Trinajstić information content (AvgIpc) is 2.98. The Bertz CT molecular complexity index is 861. The van der Waals surface area contributed by atoms with Gasteiger partial charge in [0, 0.05) is 17.4 Å². The second-order valence-corrected chi connectivity index (χ2v) is 6.12. The van der Waals surface area contributed by atoms with Crippen LogP contribution in [0.15, 0.2) is 55.0 Å². The topological polar surface area (TPSA) is 85.8 Å². The summed E-state index contributed by atoms with van der Waals surface area (Å²) >= 11 is 5.86. The quantitative estimate of drug-likeness (QED) is 0.736. The molecule has 0 saturated carbocycles. The van der Waals surface area contributed by atoms with Crippen LogP contribution in [-0.2, 0) is 11.2 Å². The highest BCUT2D eigenvalue weighted by Gasteiger charge is 2.17. The number of nitrogens with two attached hydrogens (primary N) is 1. The summed E-state index contributed by atoms with van der Waals surface area (Å²) in [6.45, 7) is 1.88. The lowest BCUT2D eigenvalue weighted by Crippen LogP contribution is -2.37. The van der Waals surface area contributed by atoms with Gasteiger partial charge in [0.2, 0.25) is 5.91 Å². The van der Waals surface area contributed by atoms with E-state index in [-0.39, 0.29) is 5.91 Å². The van der Waals surface area contributed by atoms with E-state index in [0.717, 1.165) is 16.9 Å². The molecule has 1 unspecified atom stereocenters. The fourth-order valence-corrected chi connectivity index (χ4v) is 2.60. The molecule has 3 aromatic rings. The first-order chi connectivity index (χ1) is 12.0. The van der Waals surface area contributed by atoms with Crippen molar-refractivity contribution in [3.05, 3.63) is 71.3 Å². The molecule has 1 atom stereocenters. The minimum Gasteiger partial charge on any atom is -0.322 e. The molecule has 1 amide bonds. The molecular formula is C18H18ClN5O. The third kappa shape index (κ3) is 4.04. The molecule has 128 valence electrons. The third-order valence-electron chi connectivity index (χ3n) is 3.88. The van der Waals surface area contributed by atoms with Crippen LogP contribution in [0.2, 0.25) is 5.02 Å². The van der Waals surface area contributed by atoms with Gasteiger partial charge in [0.1, 0.15) is 0 Å². The number of hydrogen-bond donors (Lipinski definition) is 2. The van der Waals surface area contributed by atoms with Crippen LogP contribution in [-0.4, -0.2) is 26.7 Å². The summed E-state index contributed by atoms with van der Waals surface area (Å²) in [7, 11) is 0. The van der Waals surface area contributed by atoms with Crippen LogP contribution in [0.5, 0.6) is 0 Å². The molecule has 0 aliphatic heterocycles. The van der Waals surface area contributed by atoms with Gasteiger partial charge < -0.3 is 11.1 Å². The highest BCUT2D eigenvalue weighted by Crippen LogP contribution is 2.18. The molecule has 3 rings (SSSR count). The predicted molar refractivity (Wildman–Crippen MR) is 97.9 cm³/mol. The molecular weight excluding hydrogens is 338 g/mol. The van der Waals surface area contributed by atoms with Gasteiger partial charge in [0.25, 0.3) is 0 Å². The number of nitrogens with zero attached hydrogens (tertiary/aromatic N) is 3. The van der Waals surface area contributed by atoms with Gasteiger partial charge in [-0.05, 0) is 43.2 Å². The summed E-state index contributed by atoms with van der Waals surface area (Å²) in [4.78, 5) is 16.4. The van der Waals surface area contributed by atoms with Crippen LogP contribution in [0.3, 0.4) is 0 Å². The first kappa shape index (κ1) is 17.1. The monoisotopic (exact) mass is 355 g/mol. The van der Waals surface area contributed by atoms with Crippen molar-refractivity contribution < 1.29 is 4.79 Å². The fraction of sp³-hybridized carbons (Fsp3) is 0.167. The number of carbonyl (C=O) groups excluding carboxylic acids is 1. The van der Waals surface area contributed by atoms with Crippen molar-refractivity contribution in [2.24, 2.45) is 5.73 Å². The van der Waals surface area contributed by atoms with Gasteiger partial charge >= 0.3 is 0 Å². The third-order valence-corrected chi connectivity index (χ3v) is 4.13. The SMILES string of the molecule is Cc1c(NC(=O)C(N)Cc2ccc(Cl)cc2)cnn1-c1ccncc1. The van der Waals surface area contributed by atoms with E-state index in [1.54, 1.807) is 35.4 Å². The maximum Gasteiger partial charge on any atom is 0.241 e. The van der Waals surface area contributed by atoms with Crippen LogP contribution in [0, 0.1) is 6.92 Å². The second-order valence-electron chi connectivity index (χ2n) is 5.69. The van der Waals surface area contributed by atoms with Crippen molar-refractivity contribution in [3.63, 3.8) is 0 Å². The molecule has 25 heavy (non-hydrogen) atoms. The number of carbonyl (C=O) groups is 1. The van der Waals surface area contributed by atoms with Crippen molar-refractivity contribution in [2.75, 3.05) is 5.32 Å². The minimum atomic E-state index is -0.662. The molecule has 0 aliphatic rings. The Labute approximate surface area is 150 Å². The molecule has 3 N–H and O–H groups in total. The van der Waals surface area contributed by atoms with Crippen LogP contribution in [0.25, 0.3) is 5.69 Å². The Balaban J connectivity index is 1.68. The van der Waals surface area contributed by atoms with Gasteiger partial charge in [0.05, 0.1) is 29.3 Å². The van der Waals surface area contributed by atoms with E-state index < -0.39 is 6.04 Å². The van der Waals surface area contributed by atoms with Gasteiger partial charge in [-0.3, -0.25) is 9.78 Å². The summed E-state index contributed by atoms with van der Waals surface area (Å²) in [5.41, 5.74) is 9.30. The first-order valence-corrected chi connectivity index (χ1v) is 8.18. The first-order valence-electron chi connectivity index (χ1n) is 7.80. The molecule has 1 aromatic carbocycles. The molecule has 0 saturated heterocycles. The van der Waals surface area contributed by atoms with E-state index in [9.17, 15) is 4.79 Å². The number of nitrogens with one attached hydrogen (secondary N) is 1. The number of pyridine rings is 1. The lowest BCUT2D eigenvalue weighted by molar-refractivity contribution is -0.117. The van der Waals surface area contributed by atoms with Gasteiger partial charge in [-0.1, -0.05) is 23.7 Å². The summed E-state index contributed by atoms with van der Waals surface area (Å²) < 4.78 is 1.74. The Morgan fingerprint density at radius 3 is 2.60 bits per heavy atom. The van der Waals surface area contributed by atoms with E-state index in [1.807, 2.05) is 31.2 Å². The fourth-order valence-electron chi connectivity index (χ4n) is 2.47. The molecule has 2 heterocycles. The van der Waals surface area contributed by atoms with Crippen molar-refractivity contribution >= 4 is 23.2 Å². The molecule has 2 aromatic heterocycles. The van der Waals surface area contributed by atoms with E-state index in [2.05, 4.69) is 15.4 Å². The normalized spacial score (nSPS) is 12.0. The zero-order valence-corrected chi connectivity index (χ0v) is 14.4. The van der Waals surface area contributed by atoms with Gasteiger partial charge in [-0.25, -0.2) is 4.68 Å². The largest absolute Gasteiger partial charge is 0.322 e. The zero-order chi connectivity index (χ0) is 17.8. The number of benzene rings is 1. The standard InChI is InChI=1S/C18H18ClN5O/c1-12-17(11-22-24(12)15-6-8-21-9-7-15)23-18(25)16(20)10-13-2-4-14(19)5-3-13/h2-9,11,16H,10,20H2,1H3,(H,23,25). The summed E-state index contributed by atoms with van der Waals surface area (Å²) in [5.74, 6) is -0.257. The lowest BCUT2D eigenvalue weighted by Gasteiger charge is -2.12. The minimum absolute atomic E-state index is 0.257. The molecule has 6 nitrogen and oxygen atoms in total. The average molecular weight is 356 g/mol. The predicted octanol–water partition coefficient (Wildman–Crippen LogP) is 2.74. The number of anilines is 1. The maximum atomic E-state index is 12.4. The smallest absolute Gasteiger partial charge is 0.241 e. The van der Waals surface area contributed by atoms with Gasteiger partial charge in [-0.15, -0.1) is 0 Å². The number of hydrogen-bond acceptors (Lipinski definition) is 4. The number of halogens is 1. The van der Waals surface area contributed by atoms with Gasteiger partial charge in [0.15, 0.2) is 0 Å². The maximum absolute atomic E-state index is 12.4. The van der Waals surface area contributed by atoms with E-state index >= 15 is 0 Å². The molecule has 7 heteroatoms. The van der Waals surface area contributed by atoms with Crippen molar-refractivity contribution in [3.8, 4) is 5.69 Å². The van der Waals surface area contributed by atoms with E-state index in [0.29, 0.717) is 17.1 Å². The van der Waals surface area contributed by atoms with Crippen molar-refractivity contribution in [2.45, 2.75) is 19.4 Å². The highest BCUT2D eigenvalue weighted by molar-refractivity contribution is 6.30. The molecule has 0 bridgehead atoms. The molecule has 0 fully saturated rings. The number of aromatic nitrogens is 3. The zero-order valence-electron chi connectivity index (χ0n) is 13.7. The number of rotatable bonds is 5. The second kappa shape index (κ2) is 7.46. The molecule has 0 radical (unpaired) electrons.